The standard InChI is InChI=1S/C13H21F2N3/c1-3-16-12(11-6-9-17-18(11)2)10-4-7-13(14,15)8-5-10/h6,9-10,12,16H,3-5,7-8H2,1-2H3. The van der Waals surface area contributed by atoms with Crippen LogP contribution >= 0.6 is 0 Å². The molecule has 1 aliphatic rings. The lowest BCUT2D eigenvalue weighted by molar-refractivity contribution is -0.0499. The van der Waals surface area contributed by atoms with Crippen molar-refractivity contribution in [3.63, 3.8) is 0 Å². The number of rotatable bonds is 4. The molecule has 0 spiro atoms. The molecule has 1 aliphatic carbocycles. The third-order valence-corrected chi connectivity index (χ3v) is 3.83. The van der Waals surface area contributed by atoms with E-state index in [1.165, 1.54) is 0 Å². The van der Waals surface area contributed by atoms with Gasteiger partial charge in [0.2, 0.25) is 5.92 Å². The first-order chi connectivity index (χ1) is 8.53. The fraction of sp³-hybridized carbons (Fsp3) is 0.769. The molecule has 2 rings (SSSR count). The number of hydrogen-bond acceptors (Lipinski definition) is 2. The van der Waals surface area contributed by atoms with E-state index in [0.717, 1.165) is 12.2 Å². The summed E-state index contributed by atoms with van der Waals surface area (Å²) < 4.78 is 28.3. The smallest absolute Gasteiger partial charge is 0.248 e. The summed E-state index contributed by atoms with van der Waals surface area (Å²) in [6.45, 7) is 2.88. The number of hydrogen-bond donors (Lipinski definition) is 1. The van der Waals surface area contributed by atoms with Crippen LogP contribution in [0.2, 0.25) is 0 Å². The van der Waals surface area contributed by atoms with Crippen LogP contribution in [0, 0.1) is 5.92 Å². The summed E-state index contributed by atoms with van der Waals surface area (Å²) in [5.74, 6) is -2.18. The maximum Gasteiger partial charge on any atom is 0.248 e. The van der Waals surface area contributed by atoms with Crippen molar-refractivity contribution in [3.8, 4) is 0 Å². The molecule has 0 aliphatic heterocycles. The lowest BCUT2D eigenvalue weighted by Crippen LogP contribution is -2.35. The highest BCUT2D eigenvalue weighted by Crippen LogP contribution is 2.41. The van der Waals surface area contributed by atoms with E-state index in [1.54, 1.807) is 6.20 Å². The molecular formula is C13H21F2N3. The molecule has 0 radical (unpaired) electrons. The van der Waals surface area contributed by atoms with Crippen molar-refractivity contribution in [2.45, 2.75) is 44.6 Å². The molecule has 1 atom stereocenters. The Labute approximate surface area is 107 Å². The molecule has 1 fully saturated rings. The molecule has 0 saturated heterocycles. The molecule has 1 aromatic heterocycles. The summed E-state index contributed by atoms with van der Waals surface area (Å²) in [4.78, 5) is 0. The minimum absolute atomic E-state index is 0.0113. The Bertz CT molecular complexity index is 379. The van der Waals surface area contributed by atoms with Gasteiger partial charge in [0.25, 0.3) is 0 Å². The van der Waals surface area contributed by atoms with Gasteiger partial charge in [-0.1, -0.05) is 6.92 Å². The van der Waals surface area contributed by atoms with E-state index < -0.39 is 5.92 Å². The van der Waals surface area contributed by atoms with Crippen LogP contribution in [0.1, 0.15) is 44.3 Å². The Morgan fingerprint density at radius 1 is 1.50 bits per heavy atom. The van der Waals surface area contributed by atoms with Crippen LogP contribution in [0.4, 0.5) is 8.78 Å². The predicted octanol–water partition coefficient (Wildman–Crippen LogP) is 2.90. The van der Waals surface area contributed by atoms with Crippen molar-refractivity contribution in [2.24, 2.45) is 13.0 Å². The van der Waals surface area contributed by atoms with Gasteiger partial charge in [-0.2, -0.15) is 5.10 Å². The van der Waals surface area contributed by atoms with E-state index in [1.807, 2.05) is 24.7 Å². The molecule has 1 N–H and O–H groups in total. The largest absolute Gasteiger partial charge is 0.309 e. The van der Waals surface area contributed by atoms with Crippen LogP contribution in [0.5, 0.6) is 0 Å². The maximum atomic E-state index is 13.2. The molecule has 3 nitrogen and oxygen atoms in total. The van der Waals surface area contributed by atoms with Crippen LogP contribution in [-0.4, -0.2) is 22.2 Å². The average molecular weight is 257 g/mol. The highest BCUT2D eigenvalue weighted by atomic mass is 19.3. The molecule has 0 aromatic carbocycles. The first-order valence-corrected chi connectivity index (χ1v) is 6.62. The Kier molecular flexibility index (Phi) is 4.00. The first kappa shape index (κ1) is 13.5. The second kappa shape index (κ2) is 5.34. The fourth-order valence-corrected chi connectivity index (χ4v) is 2.82. The molecule has 18 heavy (non-hydrogen) atoms. The number of aryl methyl sites for hydroxylation is 1. The first-order valence-electron chi connectivity index (χ1n) is 6.62. The van der Waals surface area contributed by atoms with E-state index in [0.29, 0.717) is 12.8 Å². The third kappa shape index (κ3) is 2.88. The lowest BCUT2D eigenvalue weighted by Gasteiger charge is -2.34. The third-order valence-electron chi connectivity index (χ3n) is 3.83. The Balaban J connectivity index is 2.10. The van der Waals surface area contributed by atoms with Gasteiger partial charge in [-0.05, 0) is 31.4 Å². The molecule has 1 heterocycles. The van der Waals surface area contributed by atoms with Gasteiger partial charge in [-0.25, -0.2) is 8.78 Å². The van der Waals surface area contributed by atoms with E-state index in [-0.39, 0.29) is 24.8 Å². The highest BCUT2D eigenvalue weighted by Gasteiger charge is 2.38. The van der Waals surface area contributed by atoms with E-state index in [4.69, 9.17) is 0 Å². The van der Waals surface area contributed by atoms with Crippen molar-refractivity contribution in [3.05, 3.63) is 18.0 Å². The molecule has 1 aromatic rings. The van der Waals surface area contributed by atoms with Crippen LogP contribution in [0.3, 0.4) is 0 Å². The minimum atomic E-state index is -2.46. The van der Waals surface area contributed by atoms with E-state index in [2.05, 4.69) is 10.4 Å². The zero-order chi connectivity index (χ0) is 13.2. The molecule has 5 heteroatoms. The fourth-order valence-electron chi connectivity index (χ4n) is 2.82. The van der Waals surface area contributed by atoms with E-state index in [9.17, 15) is 8.78 Å². The van der Waals surface area contributed by atoms with Gasteiger partial charge in [0.15, 0.2) is 0 Å². The molecule has 102 valence electrons. The number of nitrogens with one attached hydrogen (secondary N) is 1. The number of nitrogens with zero attached hydrogens (tertiary/aromatic N) is 2. The number of halogens is 2. The van der Waals surface area contributed by atoms with Crippen molar-refractivity contribution in [1.29, 1.82) is 0 Å². The quantitative estimate of drug-likeness (QED) is 0.898. The predicted molar refractivity (Wildman–Crippen MR) is 66.5 cm³/mol. The topological polar surface area (TPSA) is 29.9 Å². The molecule has 1 unspecified atom stereocenters. The van der Waals surface area contributed by atoms with Crippen LogP contribution in [-0.2, 0) is 7.05 Å². The van der Waals surface area contributed by atoms with Gasteiger partial charge >= 0.3 is 0 Å². The monoisotopic (exact) mass is 257 g/mol. The molecule has 0 amide bonds. The zero-order valence-electron chi connectivity index (χ0n) is 11.0. The zero-order valence-corrected chi connectivity index (χ0v) is 11.0. The Morgan fingerprint density at radius 2 is 2.17 bits per heavy atom. The van der Waals surface area contributed by atoms with E-state index >= 15 is 0 Å². The maximum absolute atomic E-state index is 13.2. The van der Waals surface area contributed by atoms with Crippen molar-refractivity contribution in [1.82, 2.24) is 15.1 Å². The molecule has 0 bridgehead atoms. The van der Waals surface area contributed by atoms with Gasteiger partial charge in [0.05, 0.1) is 11.7 Å². The van der Waals surface area contributed by atoms with Crippen LogP contribution < -0.4 is 5.32 Å². The summed E-state index contributed by atoms with van der Waals surface area (Å²) in [7, 11) is 1.90. The van der Waals surface area contributed by atoms with Gasteiger partial charge in [-0.3, -0.25) is 4.68 Å². The van der Waals surface area contributed by atoms with Crippen LogP contribution in [0.15, 0.2) is 12.3 Å². The molecule has 1 saturated carbocycles. The summed E-state index contributed by atoms with van der Waals surface area (Å²) in [6, 6.07) is 2.11. The van der Waals surface area contributed by atoms with Crippen molar-refractivity contribution >= 4 is 0 Å². The summed E-state index contributed by atoms with van der Waals surface area (Å²) >= 11 is 0. The summed E-state index contributed by atoms with van der Waals surface area (Å²) in [6.07, 6.45) is 2.94. The minimum Gasteiger partial charge on any atom is -0.309 e. The van der Waals surface area contributed by atoms with Crippen molar-refractivity contribution in [2.75, 3.05) is 6.54 Å². The Morgan fingerprint density at radius 3 is 2.67 bits per heavy atom. The average Bonchev–Trinajstić information content (AvgIpc) is 2.73. The van der Waals surface area contributed by atoms with Gasteiger partial charge in [-0.15, -0.1) is 0 Å². The Hall–Kier alpha value is -0.970. The van der Waals surface area contributed by atoms with Crippen LogP contribution in [0.25, 0.3) is 0 Å². The van der Waals surface area contributed by atoms with Gasteiger partial charge in [0.1, 0.15) is 0 Å². The highest BCUT2D eigenvalue weighted by molar-refractivity contribution is 5.09. The van der Waals surface area contributed by atoms with Gasteiger partial charge in [0, 0.05) is 26.1 Å². The second-order valence-corrected chi connectivity index (χ2v) is 5.11. The van der Waals surface area contributed by atoms with Crippen molar-refractivity contribution < 1.29 is 8.78 Å². The second-order valence-electron chi connectivity index (χ2n) is 5.11. The SMILES string of the molecule is CCNC(c1ccnn1C)C1CCC(F)(F)CC1. The molecular weight excluding hydrogens is 236 g/mol. The number of alkyl halides is 2. The normalized spacial score (nSPS) is 22.0. The lowest BCUT2D eigenvalue weighted by atomic mass is 9.81. The summed E-state index contributed by atoms with van der Waals surface area (Å²) in [5.41, 5.74) is 1.09. The summed E-state index contributed by atoms with van der Waals surface area (Å²) in [5, 5.41) is 7.59. The van der Waals surface area contributed by atoms with Gasteiger partial charge < -0.3 is 5.32 Å². The number of aromatic nitrogens is 2.